The third-order valence-corrected chi connectivity index (χ3v) is 5.06. The SMILES string of the molecule is O=C1C(I)CC=C(c2ccc(Br)cc2Br)N1CC(F)F. The van der Waals surface area contributed by atoms with Crippen molar-refractivity contribution in [3.8, 4) is 0 Å². The van der Waals surface area contributed by atoms with E-state index in [1.54, 1.807) is 6.07 Å². The number of benzene rings is 1. The summed E-state index contributed by atoms with van der Waals surface area (Å²) in [6.07, 6.45) is -0.162. The first kappa shape index (κ1) is 16.4. The normalized spacial score (nSPS) is 19.5. The summed E-state index contributed by atoms with van der Waals surface area (Å²) in [6.45, 7) is -0.577. The fourth-order valence-corrected chi connectivity index (χ4v) is 3.83. The molecule has 0 saturated heterocycles. The van der Waals surface area contributed by atoms with Gasteiger partial charge in [0.05, 0.1) is 10.5 Å². The lowest BCUT2D eigenvalue weighted by atomic mass is 10.0. The van der Waals surface area contributed by atoms with Crippen LogP contribution in [0.2, 0.25) is 0 Å². The average molecular weight is 521 g/mol. The van der Waals surface area contributed by atoms with Gasteiger partial charge in [-0.25, -0.2) is 8.78 Å². The predicted molar refractivity (Wildman–Crippen MR) is 90.0 cm³/mol. The molecule has 2 nitrogen and oxygen atoms in total. The van der Waals surface area contributed by atoms with Gasteiger partial charge in [-0.3, -0.25) is 4.79 Å². The minimum Gasteiger partial charge on any atom is -0.305 e. The van der Waals surface area contributed by atoms with Gasteiger partial charge in [-0.15, -0.1) is 0 Å². The van der Waals surface area contributed by atoms with Crippen molar-refractivity contribution < 1.29 is 13.6 Å². The Morgan fingerprint density at radius 1 is 1.40 bits per heavy atom. The molecule has 1 aliphatic rings. The average Bonchev–Trinajstić information content (AvgIpc) is 2.36. The van der Waals surface area contributed by atoms with Gasteiger partial charge in [0.25, 0.3) is 6.43 Å². The topological polar surface area (TPSA) is 20.3 Å². The summed E-state index contributed by atoms with van der Waals surface area (Å²) in [4.78, 5) is 13.3. The Morgan fingerprint density at radius 3 is 2.70 bits per heavy atom. The zero-order chi connectivity index (χ0) is 14.9. The van der Waals surface area contributed by atoms with Crippen LogP contribution in [0.25, 0.3) is 5.70 Å². The second kappa shape index (κ2) is 6.83. The van der Waals surface area contributed by atoms with Crippen LogP contribution in [0.4, 0.5) is 8.78 Å². The number of carbonyl (C=O) groups is 1. The predicted octanol–water partition coefficient (Wildman–Crippen LogP) is 4.85. The minimum absolute atomic E-state index is 0.266. The molecule has 108 valence electrons. The van der Waals surface area contributed by atoms with Crippen LogP contribution in [-0.4, -0.2) is 27.7 Å². The van der Waals surface area contributed by atoms with Crippen LogP contribution in [0.15, 0.2) is 33.2 Å². The van der Waals surface area contributed by atoms with Gasteiger partial charge in [0.15, 0.2) is 0 Å². The molecule has 2 rings (SSSR count). The minimum atomic E-state index is -2.56. The largest absolute Gasteiger partial charge is 0.305 e. The summed E-state index contributed by atoms with van der Waals surface area (Å²) in [5.74, 6) is -0.266. The Hall–Kier alpha value is -0.0200. The molecule has 0 radical (unpaired) electrons. The van der Waals surface area contributed by atoms with Crippen molar-refractivity contribution in [1.82, 2.24) is 4.90 Å². The molecule has 1 atom stereocenters. The van der Waals surface area contributed by atoms with Crippen molar-refractivity contribution in [1.29, 1.82) is 0 Å². The highest BCUT2D eigenvalue weighted by Crippen LogP contribution is 2.34. The number of carbonyl (C=O) groups excluding carboxylic acids is 1. The highest BCUT2D eigenvalue weighted by Gasteiger charge is 2.31. The number of amides is 1. The van der Waals surface area contributed by atoms with E-state index in [-0.39, 0.29) is 9.83 Å². The maximum absolute atomic E-state index is 12.7. The first-order chi connectivity index (χ1) is 9.40. The summed E-state index contributed by atoms with van der Waals surface area (Å²) in [5.41, 5.74) is 1.29. The molecule has 0 fully saturated rings. The van der Waals surface area contributed by atoms with E-state index in [4.69, 9.17) is 0 Å². The zero-order valence-corrected chi connectivity index (χ0v) is 15.5. The lowest BCUT2D eigenvalue weighted by Gasteiger charge is -2.31. The van der Waals surface area contributed by atoms with Crippen LogP contribution in [0.3, 0.4) is 0 Å². The van der Waals surface area contributed by atoms with Gasteiger partial charge < -0.3 is 4.90 Å². The molecule has 1 aromatic carbocycles. The maximum atomic E-state index is 12.7. The molecule has 1 unspecified atom stereocenters. The van der Waals surface area contributed by atoms with Crippen LogP contribution in [0, 0.1) is 0 Å². The Bertz CT molecular complexity index is 565. The molecule has 1 amide bonds. The van der Waals surface area contributed by atoms with Crippen LogP contribution >= 0.6 is 54.5 Å². The highest BCUT2D eigenvalue weighted by molar-refractivity contribution is 14.1. The second-order valence-electron chi connectivity index (χ2n) is 4.26. The van der Waals surface area contributed by atoms with Gasteiger partial charge in [0.1, 0.15) is 0 Å². The molecule has 1 heterocycles. The summed E-state index contributed by atoms with van der Waals surface area (Å²) in [7, 11) is 0. The molecule has 1 aromatic rings. The molecule has 7 heteroatoms. The number of rotatable bonds is 3. The molecule has 0 N–H and O–H groups in total. The standard InChI is InChI=1S/C13H10Br2F2INO/c14-7-1-2-8(9(15)5-7)11-4-3-10(18)13(20)19(11)6-12(16)17/h1-2,4-5,10,12H,3,6H2. The van der Waals surface area contributed by atoms with E-state index in [0.29, 0.717) is 12.1 Å². The van der Waals surface area contributed by atoms with Gasteiger partial charge in [-0.2, -0.15) is 0 Å². The molecule has 0 spiro atoms. The number of hydrogen-bond acceptors (Lipinski definition) is 1. The zero-order valence-electron chi connectivity index (χ0n) is 10.1. The third kappa shape index (κ3) is 3.59. The number of nitrogens with zero attached hydrogens (tertiary/aromatic N) is 1. The van der Waals surface area contributed by atoms with Gasteiger partial charge in [0.2, 0.25) is 5.91 Å². The highest BCUT2D eigenvalue weighted by atomic mass is 127. The number of hydrogen-bond donors (Lipinski definition) is 0. The molecule has 0 bridgehead atoms. The Kier molecular flexibility index (Phi) is 5.58. The molecule has 0 aliphatic carbocycles. The molecular weight excluding hydrogens is 511 g/mol. The number of halogens is 5. The number of allylic oxidation sites excluding steroid dienone is 1. The fourth-order valence-electron chi connectivity index (χ4n) is 1.99. The molecule has 0 aromatic heterocycles. The Balaban J connectivity index is 2.43. The van der Waals surface area contributed by atoms with Crippen molar-refractivity contribution in [2.45, 2.75) is 16.8 Å². The van der Waals surface area contributed by atoms with E-state index in [1.165, 1.54) is 4.90 Å². The van der Waals surface area contributed by atoms with Crippen molar-refractivity contribution in [2.75, 3.05) is 6.54 Å². The van der Waals surface area contributed by atoms with Crippen LogP contribution in [0.1, 0.15) is 12.0 Å². The van der Waals surface area contributed by atoms with Crippen LogP contribution in [0.5, 0.6) is 0 Å². The fraction of sp³-hybridized carbons (Fsp3) is 0.308. The summed E-state index contributed by atoms with van der Waals surface area (Å²) in [6, 6.07) is 5.46. The molecule has 0 saturated carbocycles. The van der Waals surface area contributed by atoms with Gasteiger partial charge >= 0.3 is 0 Å². The third-order valence-electron chi connectivity index (χ3n) is 2.87. The van der Waals surface area contributed by atoms with Crippen molar-refractivity contribution >= 4 is 66.1 Å². The van der Waals surface area contributed by atoms with Crippen molar-refractivity contribution in [3.05, 3.63) is 38.8 Å². The van der Waals surface area contributed by atoms with Crippen LogP contribution in [-0.2, 0) is 4.79 Å². The summed E-state index contributed by atoms with van der Waals surface area (Å²) >= 11 is 8.75. The van der Waals surface area contributed by atoms with E-state index in [1.807, 2.05) is 40.8 Å². The summed E-state index contributed by atoms with van der Waals surface area (Å²) < 4.78 is 26.8. The first-order valence-electron chi connectivity index (χ1n) is 5.79. The van der Waals surface area contributed by atoms with E-state index in [2.05, 4.69) is 31.9 Å². The first-order valence-corrected chi connectivity index (χ1v) is 8.62. The Labute approximate surface area is 146 Å². The lowest BCUT2D eigenvalue weighted by molar-refractivity contribution is -0.128. The smallest absolute Gasteiger partial charge is 0.256 e. The van der Waals surface area contributed by atoms with E-state index in [9.17, 15) is 13.6 Å². The van der Waals surface area contributed by atoms with Gasteiger partial charge in [0, 0.05) is 20.2 Å². The molecular formula is C13H10Br2F2INO. The van der Waals surface area contributed by atoms with Crippen molar-refractivity contribution in [2.24, 2.45) is 0 Å². The van der Waals surface area contributed by atoms with E-state index in [0.717, 1.165) is 14.5 Å². The summed E-state index contributed by atoms with van der Waals surface area (Å²) in [5, 5.41) is 0. The van der Waals surface area contributed by atoms with Gasteiger partial charge in [-0.05, 0) is 18.6 Å². The number of alkyl halides is 3. The lowest BCUT2D eigenvalue weighted by Crippen LogP contribution is -2.40. The van der Waals surface area contributed by atoms with Crippen LogP contribution < -0.4 is 0 Å². The monoisotopic (exact) mass is 519 g/mol. The quantitative estimate of drug-likeness (QED) is 0.412. The Morgan fingerprint density at radius 2 is 2.10 bits per heavy atom. The second-order valence-corrected chi connectivity index (χ2v) is 7.53. The molecule has 20 heavy (non-hydrogen) atoms. The van der Waals surface area contributed by atoms with Crippen molar-refractivity contribution in [3.63, 3.8) is 0 Å². The molecule has 1 aliphatic heterocycles. The van der Waals surface area contributed by atoms with E-state index >= 15 is 0 Å². The van der Waals surface area contributed by atoms with Gasteiger partial charge in [-0.1, -0.05) is 66.6 Å². The maximum Gasteiger partial charge on any atom is 0.256 e. The van der Waals surface area contributed by atoms with E-state index < -0.39 is 13.0 Å².